The van der Waals surface area contributed by atoms with Crippen LogP contribution in [0.15, 0.2) is 54.6 Å². The molecule has 0 bridgehead atoms. The van der Waals surface area contributed by atoms with E-state index in [1.807, 2.05) is 0 Å². The Bertz CT molecular complexity index is 919. The molecule has 3 nitrogen and oxygen atoms in total. The van der Waals surface area contributed by atoms with Crippen LogP contribution in [0.25, 0.3) is 10.9 Å². The zero-order valence-electron chi connectivity index (χ0n) is 12.7. The van der Waals surface area contributed by atoms with Crippen molar-refractivity contribution in [1.29, 1.82) is 0 Å². The van der Waals surface area contributed by atoms with Crippen LogP contribution >= 0.6 is 0 Å². The number of ether oxygens (including phenoxy) is 2. The molecule has 9 heteroatoms. The van der Waals surface area contributed by atoms with Crippen LogP contribution < -0.4 is 9.47 Å². The molecule has 0 radical (unpaired) electrons. The number of benzene rings is 2. The number of halogens is 6. The molecule has 0 atom stereocenters. The van der Waals surface area contributed by atoms with Crippen LogP contribution in [0.4, 0.5) is 26.3 Å². The van der Waals surface area contributed by atoms with Gasteiger partial charge in [0.1, 0.15) is 11.5 Å². The first-order valence-corrected chi connectivity index (χ1v) is 7.12. The first-order valence-electron chi connectivity index (χ1n) is 7.12. The maximum atomic E-state index is 13.0. The third-order valence-electron chi connectivity index (χ3n) is 3.29. The zero-order valence-corrected chi connectivity index (χ0v) is 12.7. The lowest BCUT2D eigenvalue weighted by molar-refractivity contribution is -0.274. The number of nitrogens with zero attached hydrogens (tertiary/aromatic N) is 1. The summed E-state index contributed by atoms with van der Waals surface area (Å²) in [6, 6.07) is 10.6. The van der Waals surface area contributed by atoms with Gasteiger partial charge in [0.05, 0.1) is 11.1 Å². The molecule has 0 fully saturated rings. The Labute approximate surface area is 142 Å². The summed E-state index contributed by atoms with van der Waals surface area (Å²) in [5, 5.41) is -0.0822. The van der Waals surface area contributed by atoms with E-state index in [0.29, 0.717) is 0 Å². The SMILES string of the molecule is FC(F)(F)Oc1ccc(Oc2ccc3c(C(F)(F)F)cccc3n2)cc1. The van der Waals surface area contributed by atoms with Crippen LogP contribution in [-0.4, -0.2) is 11.3 Å². The molecule has 0 saturated carbocycles. The first-order chi connectivity index (χ1) is 12.1. The number of alkyl halides is 6. The Morgan fingerprint density at radius 1 is 0.731 bits per heavy atom. The fourth-order valence-corrected chi connectivity index (χ4v) is 2.27. The quantitative estimate of drug-likeness (QED) is 0.532. The van der Waals surface area contributed by atoms with Crippen molar-refractivity contribution in [3.8, 4) is 17.4 Å². The Hall–Kier alpha value is -2.97. The fraction of sp³-hybridized carbons (Fsp3) is 0.118. The van der Waals surface area contributed by atoms with E-state index in [4.69, 9.17) is 4.74 Å². The second kappa shape index (κ2) is 6.40. The molecule has 0 spiro atoms. The van der Waals surface area contributed by atoms with Gasteiger partial charge in [0.2, 0.25) is 5.88 Å². The zero-order chi connectivity index (χ0) is 18.9. The van der Waals surface area contributed by atoms with Gasteiger partial charge in [0, 0.05) is 11.5 Å². The Morgan fingerprint density at radius 3 is 2.00 bits per heavy atom. The molecule has 0 amide bonds. The number of rotatable bonds is 3. The van der Waals surface area contributed by atoms with E-state index in [1.165, 1.54) is 36.4 Å². The fourth-order valence-electron chi connectivity index (χ4n) is 2.27. The van der Waals surface area contributed by atoms with Crippen molar-refractivity contribution in [2.75, 3.05) is 0 Å². The lowest BCUT2D eigenvalue weighted by Crippen LogP contribution is -2.16. The second-order valence-corrected chi connectivity index (χ2v) is 5.14. The van der Waals surface area contributed by atoms with Crippen molar-refractivity contribution >= 4 is 10.9 Å². The lowest BCUT2D eigenvalue weighted by Gasteiger charge is -2.11. The van der Waals surface area contributed by atoms with Gasteiger partial charge >= 0.3 is 12.5 Å². The van der Waals surface area contributed by atoms with Crippen molar-refractivity contribution in [3.05, 3.63) is 60.2 Å². The molecular weight excluding hydrogens is 364 g/mol. The third kappa shape index (κ3) is 4.16. The van der Waals surface area contributed by atoms with Crippen molar-refractivity contribution in [2.24, 2.45) is 0 Å². The molecule has 0 saturated heterocycles. The van der Waals surface area contributed by atoms with Gasteiger partial charge in [0.15, 0.2) is 0 Å². The second-order valence-electron chi connectivity index (χ2n) is 5.14. The summed E-state index contributed by atoms with van der Waals surface area (Å²) in [6.07, 6.45) is -9.32. The van der Waals surface area contributed by atoms with Crippen LogP contribution in [0.3, 0.4) is 0 Å². The van der Waals surface area contributed by atoms with Gasteiger partial charge in [-0.25, -0.2) is 4.98 Å². The summed E-state index contributed by atoms with van der Waals surface area (Å²) in [5.41, 5.74) is -0.739. The van der Waals surface area contributed by atoms with Crippen molar-refractivity contribution in [1.82, 2.24) is 4.98 Å². The summed E-state index contributed by atoms with van der Waals surface area (Å²) in [5.74, 6) is -0.272. The summed E-state index contributed by atoms with van der Waals surface area (Å²) < 4.78 is 84.3. The van der Waals surface area contributed by atoms with Gasteiger partial charge < -0.3 is 9.47 Å². The van der Waals surface area contributed by atoms with Gasteiger partial charge in [0.25, 0.3) is 0 Å². The average molecular weight is 373 g/mol. The lowest BCUT2D eigenvalue weighted by atomic mass is 10.1. The Balaban J connectivity index is 1.83. The van der Waals surface area contributed by atoms with E-state index in [-0.39, 0.29) is 22.5 Å². The molecule has 0 aliphatic rings. The van der Waals surface area contributed by atoms with Gasteiger partial charge in [-0.3, -0.25) is 0 Å². The molecule has 0 aliphatic carbocycles. The van der Waals surface area contributed by atoms with Gasteiger partial charge in [-0.05, 0) is 42.5 Å². The Morgan fingerprint density at radius 2 is 1.38 bits per heavy atom. The minimum Gasteiger partial charge on any atom is -0.439 e. The van der Waals surface area contributed by atoms with Crippen LogP contribution in [0.2, 0.25) is 0 Å². The number of hydrogen-bond acceptors (Lipinski definition) is 3. The molecule has 26 heavy (non-hydrogen) atoms. The molecular formula is C17H9F6NO2. The standard InChI is InChI=1S/C17H9F6NO2/c18-16(19,20)13-2-1-3-14-12(13)8-9-15(24-14)25-10-4-6-11(7-5-10)26-17(21,22)23/h1-9H. The van der Waals surface area contributed by atoms with Crippen molar-refractivity contribution in [3.63, 3.8) is 0 Å². The van der Waals surface area contributed by atoms with E-state index in [0.717, 1.165) is 18.2 Å². The number of pyridine rings is 1. The molecule has 1 heterocycles. The smallest absolute Gasteiger partial charge is 0.439 e. The number of aromatic nitrogens is 1. The van der Waals surface area contributed by atoms with E-state index in [1.54, 1.807) is 0 Å². The van der Waals surface area contributed by atoms with Gasteiger partial charge in [-0.15, -0.1) is 13.2 Å². The maximum absolute atomic E-state index is 13.0. The minimum atomic E-state index is -4.81. The molecule has 0 unspecified atom stereocenters. The van der Waals surface area contributed by atoms with E-state index >= 15 is 0 Å². The summed E-state index contributed by atoms with van der Waals surface area (Å²) >= 11 is 0. The molecule has 136 valence electrons. The highest BCUT2D eigenvalue weighted by Crippen LogP contribution is 2.35. The molecule has 1 aromatic heterocycles. The van der Waals surface area contributed by atoms with E-state index in [9.17, 15) is 26.3 Å². The van der Waals surface area contributed by atoms with Crippen LogP contribution in [0, 0.1) is 0 Å². The predicted octanol–water partition coefficient (Wildman–Crippen LogP) is 5.94. The van der Waals surface area contributed by atoms with Crippen molar-refractivity contribution in [2.45, 2.75) is 12.5 Å². The molecule has 3 rings (SSSR count). The average Bonchev–Trinajstić information content (AvgIpc) is 2.54. The van der Waals surface area contributed by atoms with Crippen LogP contribution in [0.5, 0.6) is 17.4 Å². The normalized spacial score (nSPS) is 12.2. The monoisotopic (exact) mass is 373 g/mol. The van der Waals surface area contributed by atoms with E-state index in [2.05, 4.69) is 9.72 Å². The summed E-state index contributed by atoms with van der Waals surface area (Å²) in [6.45, 7) is 0. The Kier molecular flexibility index (Phi) is 4.39. The third-order valence-corrected chi connectivity index (χ3v) is 3.29. The van der Waals surface area contributed by atoms with Crippen molar-refractivity contribution < 1.29 is 35.8 Å². The molecule has 0 N–H and O–H groups in total. The minimum absolute atomic E-state index is 0.00122. The van der Waals surface area contributed by atoms with Gasteiger partial charge in [-0.2, -0.15) is 13.2 Å². The van der Waals surface area contributed by atoms with Gasteiger partial charge in [-0.1, -0.05) is 6.07 Å². The number of fused-ring (bicyclic) bond motifs is 1. The summed E-state index contributed by atoms with van der Waals surface area (Å²) in [4.78, 5) is 3.99. The first kappa shape index (κ1) is 17.8. The van der Waals surface area contributed by atoms with Crippen LogP contribution in [0.1, 0.15) is 5.56 Å². The topological polar surface area (TPSA) is 31.4 Å². The molecule has 3 aromatic rings. The largest absolute Gasteiger partial charge is 0.573 e. The molecule has 2 aromatic carbocycles. The van der Waals surface area contributed by atoms with Crippen LogP contribution in [-0.2, 0) is 6.18 Å². The highest BCUT2D eigenvalue weighted by atomic mass is 19.4. The highest BCUT2D eigenvalue weighted by molar-refractivity contribution is 5.83. The molecule has 0 aliphatic heterocycles. The summed E-state index contributed by atoms with van der Waals surface area (Å²) in [7, 11) is 0. The number of hydrogen-bond donors (Lipinski definition) is 0. The van der Waals surface area contributed by atoms with E-state index < -0.39 is 23.9 Å². The highest BCUT2D eigenvalue weighted by Gasteiger charge is 2.32. The predicted molar refractivity (Wildman–Crippen MR) is 79.9 cm³/mol. The maximum Gasteiger partial charge on any atom is 0.573 e.